The standard InChI is InChI=1S/C30H40O8/c1-5-6-7-8-9-10-11-12-26-15-20-22-24-28(16-31,36-24)25(34)29(35)21(13-17(2)23(29)33)30(22,38-26)18(3)14-27(20,37-26)19(4)32/h9-13,18,20-22,24-25,31,34-35H,5-8,14-16H2,1-4H3/b10-9+,12-11-/t18-,20-,21-,22-,24+,25-,26?,27-,28+,29-,30+/m1/s1. The number of ketones is 2. The summed E-state index contributed by atoms with van der Waals surface area (Å²) >= 11 is 0. The second-order valence-electron chi connectivity index (χ2n) is 12.6. The highest BCUT2D eigenvalue weighted by molar-refractivity contribution is 6.05. The minimum atomic E-state index is -2.22. The number of ether oxygens (including phenoxy) is 3. The van der Waals surface area contributed by atoms with Gasteiger partial charge in [-0.25, -0.2) is 0 Å². The third-order valence-electron chi connectivity index (χ3n) is 10.6. The molecule has 3 N–H and O–H groups in total. The lowest BCUT2D eigenvalue weighted by molar-refractivity contribution is -0.303. The van der Waals surface area contributed by atoms with Crippen LogP contribution in [0.2, 0.25) is 0 Å². The predicted octanol–water partition coefficient (Wildman–Crippen LogP) is 2.55. The number of unbranched alkanes of at least 4 members (excludes halogenated alkanes) is 3. The summed E-state index contributed by atoms with van der Waals surface area (Å²) in [5, 5.41) is 34.0. The fourth-order valence-corrected chi connectivity index (χ4v) is 8.89. The van der Waals surface area contributed by atoms with E-state index in [1.54, 1.807) is 19.9 Å². The third-order valence-corrected chi connectivity index (χ3v) is 10.6. The van der Waals surface area contributed by atoms with E-state index in [1.165, 1.54) is 6.42 Å². The van der Waals surface area contributed by atoms with Crippen LogP contribution >= 0.6 is 0 Å². The number of fused-ring (bicyclic) bond motifs is 3. The Labute approximate surface area is 223 Å². The van der Waals surface area contributed by atoms with E-state index in [9.17, 15) is 24.9 Å². The van der Waals surface area contributed by atoms with Crippen LogP contribution < -0.4 is 0 Å². The Balaban J connectivity index is 1.48. The molecular formula is C30H40O8. The molecule has 38 heavy (non-hydrogen) atoms. The molecule has 1 unspecified atom stereocenters. The van der Waals surface area contributed by atoms with Gasteiger partial charge in [-0.3, -0.25) is 9.59 Å². The van der Waals surface area contributed by atoms with Crippen molar-refractivity contribution >= 4 is 11.6 Å². The molecule has 3 aliphatic heterocycles. The van der Waals surface area contributed by atoms with Crippen LogP contribution in [-0.2, 0) is 23.8 Å². The summed E-state index contributed by atoms with van der Waals surface area (Å²) < 4.78 is 19.8. The average molecular weight is 529 g/mol. The second kappa shape index (κ2) is 8.41. The minimum Gasteiger partial charge on any atom is -0.393 e. The maximum Gasteiger partial charge on any atom is 0.193 e. The molecule has 0 amide bonds. The van der Waals surface area contributed by atoms with Gasteiger partial charge in [0.2, 0.25) is 0 Å². The third kappa shape index (κ3) is 3.02. The van der Waals surface area contributed by atoms with E-state index in [0.29, 0.717) is 18.4 Å². The van der Waals surface area contributed by atoms with Gasteiger partial charge in [-0.1, -0.05) is 51.0 Å². The van der Waals surface area contributed by atoms with Gasteiger partial charge in [-0.05, 0) is 50.7 Å². The van der Waals surface area contributed by atoms with Gasteiger partial charge in [0.1, 0.15) is 17.3 Å². The number of Topliss-reactive ketones (excluding diaryl/α,β-unsaturated/α-hetero) is 2. The van der Waals surface area contributed by atoms with Crippen LogP contribution in [-0.4, -0.2) is 73.9 Å². The van der Waals surface area contributed by atoms with Crippen molar-refractivity contribution in [2.45, 2.75) is 107 Å². The largest absolute Gasteiger partial charge is 0.393 e. The number of aliphatic hydroxyl groups excluding tert-OH is 2. The Morgan fingerprint density at radius 3 is 2.66 bits per heavy atom. The molecule has 0 aromatic rings. The van der Waals surface area contributed by atoms with Gasteiger partial charge in [0.25, 0.3) is 0 Å². The van der Waals surface area contributed by atoms with Crippen molar-refractivity contribution in [1.29, 1.82) is 0 Å². The van der Waals surface area contributed by atoms with Crippen molar-refractivity contribution in [1.82, 2.24) is 0 Å². The second-order valence-corrected chi connectivity index (χ2v) is 12.6. The molecule has 8 nitrogen and oxygen atoms in total. The summed E-state index contributed by atoms with van der Waals surface area (Å²) in [6.45, 7) is 6.75. The molecule has 6 aliphatic rings. The highest BCUT2D eigenvalue weighted by Crippen LogP contribution is 2.74. The molecule has 208 valence electrons. The van der Waals surface area contributed by atoms with Crippen LogP contribution in [0.1, 0.15) is 66.2 Å². The Hall–Kier alpha value is -1.68. The first kappa shape index (κ1) is 26.5. The van der Waals surface area contributed by atoms with E-state index in [0.717, 1.165) is 19.3 Å². The Bertz CT molecular complexity index is 1140. The number of hydrogen-bond acceptors (Lipinski definition) is 8. The molecule has 11 atom stereocenters. The quantitative estimate of drug-likeness (QED) is 0.249. The number of rotatable bonds is 8. The molecule has 3 bridgehead atoms. The van der Waals surface area contributed by atoms with E-state index < -0.39 is 64.6 Å². The summed E-state index contributed by atoms with van der Waals surface area (Å²) in [4.78, 5) is 26.8. The van der Waals surface area contributed by atoms with E-state index >= 15 is 0 Å². The zero-order chi connectivity index (χ0) is 27.3. The molecule has 0 radical (unpaired) electrons. The number of allylic oxidation sites excluding steroid dienone is 3. The Kier molecular flexibility index (Phi) is 5.88. The number of epoxide rings is 1. The van der Waals surface area contributed by atoms with Gasteiger partial charge in [-0.15, -0.1) is 0 Å². The first-order valence-corrected chi connectivity index (χ1v) is 14.2. The molecule has 3 saturated heterocycles. The Morgan fingerprint density at radius 2 is 1.97 bits per heavy atom. The summed E-state index contributed by atoms with van der Waals surface area (Å²) in [5.74, 6) is -3.91. The SMILES string of the molecule is CCCCC/C=C/C=C\C12C[C@@H]3[C@@H]4[C@@H]5O[C@]5(CO)[C@@H](O)[C@]5(O)C(=O)C(C)=C[C@H]5[C@@]4(O1)[C@H](C)C[C@]3(C(C)=O)O2. The molecule has 8 heteroatoms. The first-order valence-electron chi connectivity index (χ1n) is 14.2. The van der Waals surface area contributed by atoms with Crippen molar-refractivity contribution in [3.05, 3.63) is 36.0 Å². The molecule has 0 aromatic carbocycles. The van der Waals surface area contributed by atoms with E-state index in [4.69, 9.17) is 14.2 Å². The summed E-state index contributed by atoms with van der Waals surface area (Å²) in [6.07, 6.45) is 12.4. The van der Waals surface area contributed by atoms with Gasteiger partial charge in [0.15, 0.2) is 23.0 Å². The van der Waals surface area contributed by atoms with Crippen molar-refractivity contribution in [3.8, 4) is 0 Å². The summed E-state index contributed by atoms with van der Waals surface area (Å²) in [6, 6.07) is 0. The van der Waals surface area contributed by atoms with Crippen LogP contribution in [0.4, 0.5) is 0 Å². The van der Waals surface area contributed by atoms with Crippen LogP contribution in [0.3, 0.4) is 0 Å². The van der Waals surface area contributed by atoms with Gasteiger partial charge >= 0.3 is 0 Å². The first-order chi connectivity index (χ1) is 18.0. The maximum absolute atomic E-state index is 13.5. The smallest absolute Gasteiger partial charge is 0.193 e. The number of carbonyl (C=O) groups excluding carboxylic acids is 2. The van der Waals surface area contributed by atoms with Crippen molar-refractivity contribution in [3.63, 3.8) is 0 Å². The zero-order valence-corrected chi connectivity index (χ0v) is 22.7. The van der Waals surface area contributed by atoms with Crippen molar-refractivity contribution < 1.29 is 39.1 Å². The number of carbonyl (C=O) groups is 2. The van der Waals surface area contributed by atoms with Gasteiger partial charge in [0, 0.05) is 24.2 Å². The molecule has 6 rings (SSSR count). The number of hydrogen-bond donors (Lipinski definition) is 3. The molecule has 3 heterocycles. The van der Waals surface area contributed by atoms with Crippen LogP contribution in [0, 0.1) is 23.7 Å². The van der Waals surface area contributed by atoms with Crippen LogP contribution in [0.25, 0.3) is 0 Å². The predicted molar refractivity (Wildman–Crippen MR) is 137 cm³/mol. The van der Waals surface area contributed by atoms with Crippen LogP contribution in [0.15, 0.2) is 36.0 Å². The highest BCUT2D eigenvalue weighted by atomic mass is 16.7. The molecular weight excluding hydrogens is 488 g/mol. The highest BCUT2D eigenvalue weighted by Gasteiger charge is 2.87. The normalized spacial score (nSPS) is 52.2. The van der Waals surface area contributed by atoms with E-state index in [2.05, 4.69) is 13.0 Å². The lowest BCUT2D eigenvalue weighted by atomic mass is 9.50. The average Bonchev–Trinajstić information content (AvgIpc) is 3.52. The molecule has 2 saturated carbocycles. The van der Waals surface area contributed by atoms with Gasteiger partial charge in [-0.2, -0.15) is 0 Å². The topological polar surface area (TPSA) is 126 Å². The lowest BCUT2D eigenvalue weighted by Gasteiger charge is -2.59. The molecule has 0 spiro atoms. The Morgan fingerprint density at radius 1 is 1.21 bits per heavy atom. The fourth-order valence-electron chi connectivity index (χ4n) is 8.89. The molecule has 0 aromatic heterocycles. The van der Waals surface area contributed by atoms with Gasteiger partial charge in [0.05, 0.1) is 18.3 Å². The minimum absolute atomic E-state index is 0.0941. The van der Waals surface area contributed by atoms with Crippen molar-refractivity contribution in [2.24, 2.45) is 23.7 Å². The van der Waals surface area contributed by atoms with Gasteiger partial charge < -0.3 is 29.5 Å². The maximum atomic E-state index is 13.5. The van der Waals surface area contributed by atoms with E-state index in [1.807, 2.05) is 25.2 Å². The lowest BCUT2D eigenvalue weighted by Crippen LogP contribution is -2.70. The number of aliphatic hydroxyl groups is 3. The summed E-state index contributed by atoms with van der Waals surface area (Å²) in [5.41, 5.74) is -5.66. The zero-order valence-electron chi connectivity index (χ0n) is 22.7. The van der Waals surface area contributed by atoms with Crippen LogP contribution in [0.5, 0.6) is 0 Å². The van der Waals surface area contributed by atoms with Crippen molar-refractivity contribution in [2.75, 3.05) is 6.61 Å². The molecule has 5 fully saturated rings. The fraction of sp³-hybridized carbons (Fsp3) is 0.733. The molecule has 3 aliphatic carbocycles. The summed E-state index contributed by atoms with van der Waals surface area (Å²) in [7, 11) is 0. The van der Waals surface area contributed by atoms with E-state index in [-0.39, 0.29) is 17.6 Å². The monoisotopic (exact) mass is 528 g/mol.